The van der Waals surface area contributed by atoms with E-state index in [1.165, 1.54) is 5.56 Å². The molecule has 0 heterocycles. The van der Waals surface area contributed by atoms with E-state index in [9.17, 15) is 5.11 Å². The van der Waals surface area contributed by atoms with E-state index in [0.717, 1.165) is 25.3 Å². The Morgan fingerprint density at radius 1 is 1.44 bits per heavy atom. The van der Waals surface area contributed by atoms with Crippen LogP contribution in [0.15, 0.2) is 24.3 Å². The molecule has 16 heavy (non-hydrogen) atoms. The van der Waals surface area contributed by atoms with Crippen LogP contribution in [-0.4, -0.2) is 21.0 Å². The summed E-state index contributed by atoms with van der Waals surface area (Å²) in [7, 11) is 0. The lowest BCUT2D eigenvalue weighted by Gasteiger charge is -2.25. The molecular weight excluding hydrogens is 272 g/mol. The lowest BCUT2D eigenvalue weighted by atomic mass is 9.89. The number of fused-ring (bicyclic) bond motifs is 1. The summed E-state index contributed by atoms with van der Waals surface area (Å²) in [4.78, 5) is 9.23. The molecular formula is C12H15BrO3. The van der Waals surface area contributed by atoms with Crippen LogP contribution >= 0.6 is 15.9 Å². The van der Waals surface area contributed by atoms with Gasteiger partial charge in [-0.3, -0.25) is 4.79 Å². The molecule has 4 heteroatoms. The number of aliphatic carboxylic acids is 1. The maximum atomic E-state index is 9.78. The first-order valence-corrected chi connectivity index (χ1v) is 6.03. The number of carboxylic acids is 1. The van der Waals surface area contributed by atoms with E-state index in [4.69, 9.17) is 9.90 Å². The Labute approximate surface area is 103 Å². The van der Waals surface area contributed by atoms with Crippen molar-refractivity contribution in [1.29, 1.82) is 0 Å². The Morgan fingerprint density at radius 3 is 2.62 bits per heavy atom. The molecule has 0 amide bonds. The molecule has 0 saturated heterocycles. The van der Waals surface area contributed by atoms with Gasteiger partial charge in [-0.2, -0.15) is 0 Å². The van der Waals surface area contributed by atoms with Gasteiger partial charge < -0.3 is 10.2 Å². The first-order chi connectivity index (χ1) is 7.52. The van der Waals surface area contributed by atoms with Gasteiger partial charge in [0.25, 0.3) is 5.97 Å². The summed E-state index contributed by atoms with van der Waals surface area (Å²) in [5.74, 6) is -0.833. The highest BCUT2D eigenvalue weighted by Crippen LogP contribution is 2.33. The Balaban J connectivity index is 0.000000280. The minimum Gasteiger partial charge on any atom is -0.481 e. The van der Waals surface area contributed by atoms with Crippen molar-refractivity contribution in [3.8, 4) is 0 Å². The number of aliphatic hydroxyl groups is 1. The summed E-state index contributed by atoms with van der Waals surface area (Å²) >= 11 is 3.47. The fraction of sp³-hybridized carbons (Fsp3) is 0.417. The van der Waals surface area contributed by atoms with Crippen LogP contribution in [0.1, 0.15) is 30.6 Å². The molecule has 2 N–H and O–H groups in total. The molecule has 0 aliphatic heterocycles. The quantitative estimate of drug-likeness (QED) is 0.721. The van der Waals surface area contributed by atoms with Gasteiger partial charge in [0.15, 0.2) is 0 Å². The summed E-state index contributed by atoms with van der Waals surface area (Å²) in [5, 5.41) is 17.2. The van der Waals surface area contributed by atoms with Gasteiger partial charge in [-0.05, 0) is 24.0 Å². The summed E-state index contributed by atoms with van der Waals surface area (Å²) in [6.07, 6.45) is 1.77. The van der Waals surface area contributed by atoms with Gasteiger partial charge in [0.2, 0.25) is 0 Å². The first-order valence-electron chi connectivity index (χ1n) is 5.12. The standard InChI is InChI=1S/C10H11BrO.C2H4O2/c11-9-6-5-7-3-1-2-4-8(7)10(9)12;1-2(3)4/h1-4,9-10,12H,5-6H2;1H3,(H,3,4)/t9-,10-;/m1./s1. The van der Waals surface area contributed by atoms with Gasteiger partial charge >= 0.3 is 0 Å². The molecule has 1 aromatic carbocycles. The van der Waals surface area contributed by atoms with Crippen molar-refractivity contribution in [2.75, 3.05) is 0 Å². The Kier molecular flexibility index (Phi) is 4.96. The molecule has 88 valence electrons. The third-order valence-electron chi connectivity index (χ3n) is 2.41. The highest BCUT2D eigenvalue weighted by molar-refractivity contribution is 9.09. The maximum Gasteiger partial charge on any atom is 0.300 e. The van der Waals surface area contributed by atoms with Gasteiger partial charge in [-0.25, -0.2) is 0 Å². The summed E-state index contributed by atoms with van der Waals surface area (Å²) in [6, 6.07) is 8.11. The van der Waals surface area contributed by atoms with E-state index in [1.54, 1.807) is 0 Å². The number of carbonyl (C=O) groups is 1. The van der Waals surface area contributed by atoms with Crippen molar-refractivity contribution in [2.45, 2.75) is 30.7 Å². The summed E-state index contributed by atoms with van der Waals surface area (Å²) in [6.45, 7) is 1.08. The fourth-order valence-corrected chi connectivity index (χ4v) is 2.21. The lowest BCUT2D eigenvalue weighted by molar-refractivity contribution is -0.134. The molecule has 0 spiro atoms. The van der Waals surface area contributed by atoms with Crippen LogP contribution in [-0.2, 0) is 11.2 Å². The van der Waals surface area contributed by atoms with Crippen LogP contribution < -0.4 is 0 Å². The van der Waals surface area contributed by atoms with Crippen LogP contribution in [0.25, 0.3) is 0 Å². The van der Waals surface area contributed by atoms with Crippen molar-refractivity contribution >= 4 is 21.9 Å². The number of carboxylic acid groups (broad SMARTS) is 1. The van der Waals surface area contributed by atoms with Gasteiger partial charge in [-0.1, -0.05) is 40.2 Å². The second-order valence-electron chi connectivity index (χ2n) is 3.72. The lowest BCUT2D eigenvalue weighted by Crippen LogP contribution is -2.19. The van der Waals surface area contributed by atoms with Gasteiger partial charge in [-0.15, -0.1) is 0 Å². The second kappa shape index (κ2) is 6.01. The van der Waals surface area contributed by atoms with E-state index >= 15 is 0 Å². The van der Waals surface area contributed by atoms with E-state index in [-0.39, 0.29) is 10.9 Å². The summed E-state index contributed by atoms with van der Waals surface area (Å²) in [5.41, 5.74) is 2.38. The molecule has 1 aliphatic carbocycles. The molecule has 3 nitrogen and oxygen atoms in total. The Morgan fingerprint density at radius 2 is 2.00 bits per heavy atom. The van der Waals surface area contributed by atoms with E-state index in [0.29, 0.717) is 0 Å². The van der Waals surface area contributed by atoms with E-state index < -0.39 is 5.97 Å². The molecule has 0 fully saturated rings. The smallest absolute Gasteiger partial charge is 0.300 e. The Hall–Kier alpha value is -0.870. The predicted octanol–water partition coefficient (Wildman–Crippen LogP) is 2.52. The van der Waals surface area contributed by atoms with Crippen molar-refractivity contribution in [3.05, 3.63) is 35.4 Å². The number of benzene rings is 1. The van der Waals surface area contributed by atoms with Crippen LogP contribution in [0.5, 0.6) is 0 Å². The monoisotopic (exact) mass is 286 g/mol. The average molecular weight is 287 g/mol. The van der Waals surface area contributed by atoms with Crippen molar-refractivity contribution in [1.82, 2.24) is 0 Å². The highest BCUT2D eigenvalue weighted by Gasteiger charge is 2.24. The number of alkyl halides is 1. The molecule has 1 aromatic rings. The zero-order valence-corrected chi connectivity index (χ0v) is 10.6. The normalized spacial score (nSPS) is 22.7. The number of halogens is 1. The second-order valence-corrected chi connectivity index (χ2v) is 4.89. The SMILES string of the molecule is CC(=O)O.O[C@@H]1c2ccccc2CC[C@H]1Br. The zero-order chi connectivity index (χ0) is 12.1. The van der Waals surface area contributed by atoms with Crippen LogP contribution in [0, 0.1) is 0 Å². The largest absolute Gasteiger partial charge is 0.481 e. The van der Waals surface area contributed by atoms with E-state index in [1.807, 2.05) is 18.2 Å². The average Bonchev–Trinajstić information content (AvgIpc) is 2.23. The summed E-state index contributed by atoms with van der Waals surface area (Å²) < 4.78 is 0. The molecule has 0 radical (unpaired) electrons. The number of rotatable bonds is 0. The fourth-order valence-electron chi connectivity index (χ4n) is 1.70. The zero-order valence-electron chi connectivity index (χ0n) is 9.06. The van der Waals surface area contributed by atoms with Gasteiger partial charge in [0, 0.05) is 11.8 Å². The number of hydrogen-bond acceptors (Lipinski definition) is 2. The number of aryl methyl sites for hydroxylation is 1. The number of aliphatic hydroxyl groups excluding tert-OH is 1. The minimum atomic E-state index is -0.833. The van der Waals surface area contributed by atoms with Crippen molar-refractivity contribution in [3.63, 3.8) is 0 Å². The molecule has 1 aliphatic rings. The molecule has 2 atom stereocenters. The maximum absolute atomic E-state index is 9.78. The van der Waals surface area contributed by atoms with Gasteiger partial charge in [0.1, 0.15) is 0 Å². The minimum absolute atomic E-state index is 0.229. The van der Waals surface area contributed by atoms with Gasteiger partial charge in [0.05, 0.1) is 6.10 Å². The van der Waals surface area contributed by atoms with Crippen LogP contribution in [0.3, 0.4) is 0 Å². The topological polar surface area (TPSA) is 57.5 Å². The molecule has 0 bridgehead atoms. The highest BCUT2D eigenvalue weighted by atomic mass is 79.9. The molecule has 0 saturated carbocycles. The van der Waals surface area contributed by atoms with Crippen LogP contribution in [0.2, 0.25) is 0 Å². The van der Waals surface area contributed by atoms with Crippen LogP contribution in [0.4, 0.5) is 0 Å². The van der Waals surface area contributed by atoms with Crippen molar-refractivity contribution < 1.29 is 15.0 Å². The molecule has 0 unspecified atom stereocenters. The Bertz CT molecular complexity index is 361. The third-order valence-corrected chi connectivity index (χ3v) is 3.36. The molecule has 0 aromatic heterocycles. The van der Waals surface area contributed by atoms with E-state index in [2.05, 4.69) is 22.0 Å². The van der Waals surface area contributed by atoms with Crippen molar-refractivity contribution in [2.24, 2.45) is 0 Å². The third kappa shape index (κ3) is 3.61. The predicted molar refractivity (Wildman–Crippen MR) is 65.7 cm³/mol. The molecule has 2 rings (SSSR count). The number of hydrogen-bond donors (Lipinski definition) is 2. The first kappa shape index (κ1) is 13.2.